The van der Waals surface area contributed by atoms with Gasteiger partial charge in [-0.1, -0.05) is 166 Å². The Hall–Kier alpha value is -5.08. The zero-order chi connectivity index (χ0) is 32.1. The first-order chi connectivity index (χ1) is 23.5. The van der Waals surface area contributed by atoms with Crippen LogP contribution in [-0.4, -0.2) is 0 Å². The number of hydrogen-bond acceptors (Lipinski definition) is 2. The summed E-state index contributed by atoms with van der Waals surface area (Å²) in [5.74, 6) is 0.990. The molecular weight excluding hydrogens is 581 g/mol. The number of azo groups is 1. The van der Waals surface area contributed by atoms with Gasteiger partial charge in [-0.25, -0.2) is 0 Å². The lowest BCUT2D eigenvalue weighted by Gasteiger charge is -2.42. The molecule has 0 N–H and O–H groups in total. The molecule has 2 nitrogen and oxygen atoms in total. The van der Waals surface area contributed by atoms with E-state index >= 15 is 0 Å². The Morgan fingerprint density at radius 3 is 0.792 bits per heavy atom. The minimum Gasteiger partial charge on any atom is -0.181 e. The molecule has 0 saturated heterocycles. The highest BCUT2D eigenvalue weighted by molar-refractivity contribution is 5.76. The zero-order valence-electron chi connectivity index (χ0n) is 27.5. The van der Waals surface area contributed by atoms with E-state index in [1.807, 2.05) is 0 Å². The lowest BCUT2D eigenvalue weighted by molar-refractivity contribution is 0.141. The predicted octanol–water partition coefficient (Wildman–Crippen LogP) is 12.3. The molecule has 4 atom stereocenters. The summed E-state index contributed by atoms with van der Waals surface area (Å²) in [5.41, 5.74) is 14.1. The molecule has 14 bridgehead atoms. The van der Waals surface area contributed by atoms with Gasteiger partial charge in [0.25, 0.3) is 0 Å². The van der Waals surface area contributed by atoms with Crippen molar-refractivity contribution in [3.05, 3.63) is 157 Å². The molecule has 2 heteroatoms. The van der Waals surface area contributed by atoms with Crippen molar-refractivity contribution in [3.63, 3.8) is 0 Å². The molecule has 232 valence electrons. The summed E-state index contributed by atoms with van der Waals surface area (Å²) in [5, 5.41) is 10.7. The minimum atomic E-state index is -0.320. The molecule has 1 heterocycles. The smallest absolute Gasteiger partial charge is 0.117 e. The summed E-state index contributed by atoms with van der Waals surface area (Å²) in [6, 6.07) is 54.5. The maximum Gasteiger partial charge on any atom is 0.117 e. The van der Waals surface area contributed by atoms with Crippen molar-refractivity contribution < 1.29 is 0 Å². The fourth-order valence-corrected chi connectivity index (χ4v) is 10.3. The monoisotopic (exact) mass is 618 g/mol. The minimum absolute atomic E-state index is 0.156. The molecule has 6 aromatic carbocycles. The first kappa shape index (κ1) is 28.0. The Balaban J connectivity index is 1.12. The first-order valence-electron chi connectivity index (χ1n) is 17.6. The standard InChI is InChI=1S/C46H38N2/c1-44(2)45-40-26-22-38(23-27-40)36-18-14-34(15-19-36)32-10-6-30(7-11-32)31-8-12-33(13-9-31)35-16-20-37(21-17-35)39-24-28-41(29-25-39)46(44,48-47-45)43-5-3-4-42(43)45/h6-29,42-43H,3-5H2,1-2H3. The quantitative estimate of drug-likeness (QED) is 0.162. The summed E-state index contributed by atoms with van der Waals surface area (Å²) < 4.78 is 0. The van der Waals surface area contributed by atoms with Crippen molar-refractivity contribution in [3.8, 4) is 55.6 Å². The second kappa shape index (κ2) is 9.97. The van der Waals surface area contributed by atoms with Gasteiger partial charge in [-0.2, -0.15) is 10.2 Å². The molecule has 0 amide bonds. The van der Waals surface area contributed by atoms with E-state index in [1.165, 1.54) is 86.0 Å². The number of benzene rings is 6. The van der Waals surface area contributed by atoms with E-state index in [4.69, 9.17) is 10.2 Å². The predicted molar refractivity (Wildman–Crippen MR) is 196 cm³/mol. The molecule has 2 saturated carbocycles. The van der Waals surface area contributed by atoms with Crippen molar-refractivity contribution in [1.29, 1.82) is 0 Å². The van der Waals surface area contributed by atoms with E-state index < -0.39 is 0 Å². The van der Waals surface area contributed by atoms with Crippen LogP contribution in [0.3, 0.4) is 0 Å². The summed E-state index contributed by atoms with van der Waals surface area (Å²) in [4.78, 5) is 0. The van der Waals surface area contributed by atoms with Gasteiger partial charge in [0.1, 0.15) is 11.1 Å². The van der Waals surface area contributed by atoms with Crippen LogP contribution in [0, 0.1) is 17.3 Å². The lowest BCUT2D eigenvalue weighted by atomic mass is 9.61. The van der Waals surface area contributed by atoms with Gasteiger partial charge in [0.15, 0.2) is 0 Å². The van der Waals surface area contributed by atoms with Crippen molar-refractivity contribution >= 4 is 0 Å². The third kappa shape index (κ3) is 3.64. The fraction of sp³-hybridized carbons (Fsp3) is 0.217. The molecule has 4 unspecified atom stereocenters. The van der Waals surface area contributed by atoms with Gasteiger partial charge < -0.3 is 0 Å². The van der Waals surface area contributed by atoms with Crippen LogP contribution in [0.4, 0.5) is 0 Å². The topological polar surface area (TPSA) is 24.7 Å². The van der Waals surface area contributed by atoms with Gasteiger partial charge in [0.05, 0.1) is 0 Å². The van der Waals surface area contributed by atoms with Crippen molar-refractivity contribution in [1.82, 2.24) is 0 Å². The molecule has 6 aromatic rings. The Kier molecular flexibility index (Phi) is 5.81. The van der Waals surface area contributed by atoms with Gasteiger partial charge in [0, 0.05) is 5.41 Å². The van der Waals surface area contributed by atoms with Crippen molar-refractivity contribution in [2.75, 3.05) is 0 Å². The number of fused-ring (bicyclic) bond motifs is 1. The number of nitrogens with zero attached hydrogens (tertiary/aromatic N) is 2. The molecule has 0 radical (unpaired) electrons. The van der Waals surface area contributed by atoms with Crippen molar-refractivity contribution in [2.45, 2.75) is 44.2 Å². The van der Waals surface area contributed by atoms with Crippen LogP contribution in [0.2, 0.25) is 0 Å². The van der Waals surface area contributed by atoms with Gasteiger partial charge in [0.2, 0.25) is 0 Å². The summed E-state index contributed by atoms with van der Waals surface area (Å²) in [6.07, 6.45) is 3.68. The highest BCUT2D eigenvalue weighted by Crippen LogP contribution is 2.77. The molecule has 13 aliphatic rings. The van der Waals surface area contributed by atoms with Gasteiger partial charge in [-0.05, 0) is 91.4 Å². The van der Waals surface area contributed by atoms with E-state index in [-0.39, 0.29) is 16.5 Å². The largest absolute Gasteiger partial charge is 0.181 e. The van der Waals surface area contributed by atoms with E-state index in [1.54, 1.807) is 0 Å². The molecule has 0 spiro atoms. The third-order valence-corrected chi connectivity index (χ3v) is 12.7. The van der Waals surface area contributed by atoms with Crippen LogP contribution in [0.5, 0.6) is 0 Å². The average molecular weight is 619 g/mol. The van der Waals surface area contributed by atoms with Crippen LogP contribution in [0.15, 0.2) is 156 Å². The maximum absolute atomic E-state index is 5.34. The number of hydrogen-bond donors (Lipinski definition) is 0. The van der Waals surface area contributed by atoms with Crippen LogP contribution in [0.1, 0.15) is 44.2 Å². The Bertz CT molecular complexity index is 2030. The fourth-order valence-electron chi connectivity index (χ4n) is 10.3. The summed E-state index contributed by atoms with van der Waals surface area (Å²) in [7, 11) is 0. The molecule has 12 aliphatic carbocycles. The molecule has 19 rings (SSSR count). The third-order valence-electron chi connectivity index (χ3n) is 12.7. The van der Waals surface area contributed by atoms with E-state index in [2.05, 4.69) is 159 Å². The highest BCUT2D eigenvalue weighted by Gasteiger charge is 2.78. The number of rotatable bonds is 0. The SMILES string of the molecule is CC1(C)C23N=NC1(c1ccc(cc1)-c1ccc(cc1)-c1ccc(cc1)-c1ccc(cc1)-c1ccc(cc1)-c1ccc2cc1)C1CCCC13. The normalized spacial score (nSPS) is 25.3. The maximum atomic E-state index is 5.34. The first-order valence-corrected chi connectivity index (χ1v) is 17.6. The van der Waals surface area contributed by atoms with E-state index in [0.29, 0.717) is 11.8 Å². The highest BCUT2D eigenvalue weighted by atomic mass is 15.3. The van der Waals surface area contributed by atoms with E-state index in [0.717, 1.165) is 0 Å². The summed E-state index contributed by atoms with van der Waals surface area (Å²) >= 11 is 0. The molecule has 0 aromatic heterocycles. The van der Waals surface area contributed by atoms with Gasteiger partial charge >= 0.3 is 0 Å². The van der Waals surface area contributed by atoms with Crippen LogP contribution < -0.4 is 0 Å². The van der Waals surface area contributed by atoms with Gasteiger partial charge in [-0.15, -0.1) is 0 Å². The van der Waals surface area contributed by atoms with Crippen LogP contribution in [0.25, 0.3) is 55.6 Å². The molecule has 1 aliphatic heterocycles. The molecule has 48 heavy (non-hydrogen) atoms. The molecular formula is C46H38N2. The van der Waals surface area contributed by atoms with Crippen LogP contribution in [-0.2, 0) is 11.1 Å². The Morgan fingerprint density at radius 2 is 0.562 bits per heavy atom. The Morgan fingerprint density at radius 1 is 0.354 bits per heavy atom. The second-order valence-electron chi connectivity index (χ2n) is 15.0. The second-order valence-corrected chi connectivity index (χ2v) is 15.0. The van der Waals surface area contributed by atoms with Crippen molar-refractivity contribution in [2.24, 2.45) is 27.5 Å². The summed E-state index contributed by atoms with van der Waals surface area (Å²) in [6.45, 7) is 4.89. The van der Waals surface area contributed by atoms with E-state index in [9.17, 15) is 0 Å². The molecule has 2 fully saturated rings. The Labute approximate surface area is 283 Å². The zero-order valence-corrected chi connectivity index (χ0v) is 27.5. The lowest BCUT2D eigenvalue weighted by Crippen LogP contribution is -2.44. The van der Waals surface area contributed by atoms with Gasteiger partial charge in [-0.3, -0.25) is 0 Å². The average Bonchev–Trinajstić information content (AvgIpc) is 3.78. The van der Waals surface area contributed by atoms with Crippen LogP contribution >= 0.6 is 0 Å².